The highest BCUT2D eigenvalue weighted by Gasteiger charge is 2.25. The fourth-order valence-corrected chi connectivity index (χ4v) is 2.10. The smallest absolute Gasteiger partial charge is 0.185 e. The van der Waals surface area contributed by atoms with Crippen molar-refractivity contribution in [3.8, 4) is 0 Å². The van der Waals surface area contributed by atoms with E-state index in [0.29, 0.717) is 5.92 Å². The average molecular weight is 274 g/mol. The van der Waals surface area contributed by atoms with E-state index in [1.165, 1.54) is 0 Å². The van der Waals surface area contributed by atoms with Crippen molar-refractivity contribution in [2.45, 2.75) is 19.8 Å². The Bertz CT molecular complexity index is 454. The van der Waals surface area contributed by atoms with Crippen LogP contribution < -0.4 is 0 Å². The van der Waals surface area contributed by atoms with Crippen molar-refractivity contribution in [3.63, 3.8) is 0 Å². The highest BCUT2D eigenvalue weighted by atomic mass is 16.1. The van der Waals surface area contributed by atoms with Gasteiger partial charge in [0.2, 0.25) is 0 Å². The summed E-state index contributed by atoms with van der Waals surface area (Å²) in [7, 11) is 7.88. The Morgan fingerprint density at radius 1 is 1.00 bits per heavy atom. The van der Waals surface area contributed by atoms with Crippen molar-refractivity contribution in [3.05, 3.63) is 47.9 Å². The van der Waals surface area contributed by atoms with E-state index in [0.717, 1.165) is 24.0 Å². The lowest BCUT2D eigenvalue weighted by Crippen LogP contribution is -2.19. The van der Waals surface area contributed by atoms with Gasteiger partial charge in [0.25, 0.3) is 0 Å². The van der Waals surface area contributed by atoms with Crippen LogP contribution in [0.4, 0.5) is 0 Å². The molecule has 3 nitrogen and oxygen atoms in total. The monoisotopic (exact) mass is 274 g/mol. The molecule has 0 aromatic rings. The topological polar surface area (TPSA) is 23.6 Å². The third kappa shape index (κ3) is 5.08. The summed E-state index contributed by atoms with van der Waals surface area (Å²) >= 11 is 0. The molecule has 0 aromatic heterocycles. The fourth-order valence-electron chi connectivity index (χ4n) is 2.10. The summed E-state index contributed by atoms with van der Waals surface area (Å²) in [5.74, 6) is 0.528. The van der Waals surface area contributed by atoms with Gasteiger partial charge in [0, 0.05) is 33.8 Å². The molecule has 0 aliphatic heterocycles. The number of carbonyl (C=O) groups excluding carboxylic acids is 1. The zero-order valence-corrected chi connectivity index (χ0v) is 13.3. The van der Waals surface area contributed by atoms with Crippen molar-refractivity contribution in [1.29, 1.82) is 0 Å². The van der Waals surface area contributed by atoms with Gasteiger partial charge in [-0.15, -0.1) is 0 Å². The zero-order valence-electron chi connectivity index (χ0n) is 13.3. The van der Waals surface area contributed by atoms with Gasteiger partial charge in [0.15, 0.2) is 5.78 Å². The quantitative estimate of drug-likeness (QED) is 0.736. The summed E-state index contributed by atoms with van der Waals surface area (Å²) in [5, 5.41) is 0. The van der Waals surface area contributed by atoms with Crippen LogP contribution in [0.3, 0.4) is 0 Å². The molecule has 0 saturated heterocycles. The van der Waals surface area contributed by atoms with Crippen molar-refractivity contribution < 1.29 is 4.79 Å². The Labute approximate surface area is 122 Å². The number of ketones is 1. The van der Waals surface area contributed by atoms with Crippen LogP contribution in [0.15, 0.2) is 47.9 Å². The molecule has 20 heavy (non-hydrogen) atoms. The number of hydrogen-bond acceptors (Lipinski definition) is 3. The van der Waals surface area contributed by atoms with E-state index >= 15 is 0 Å². The van der Waals surface area contributed by atoms with Crippen molar-refractivity contribution in [2.75, 3.05) is 28.2 Å². The second kappa shape index (κ2) is 7.73. The molecule has 0 unspecified atom stereocenters. The van der Waals surface area contributed by atoms with E-state index in [2.05, 4.69) is 6.92 Å². The molecule has 0 heterocycles. The van der Waals surface area contributed by atoms with Crippen LogP contribution in [-0.4, -0.2) is 43.8 Å². The maximum Gasteiger partial charge on any atom is 0.185 e. The van der Waals surface area contributed by atoms with Crippen molar-refractivity contribution >= 4 is 5.78 Å². The normalized spacial score (nSPS) is 24.2. The van der Waals surface area contributed by atoms with Crippen LogP contribution in [-0.2, 0) is 4.79 Å². The Balaban J connectivity index is 2.87. The molecule has 1 aliphatic rings. The van der Waals surface area contributed by atoms with Crippen LogP contribution in [0, 0.1) is 5.92 Å². The summed E-state index contributed by atoms with van der Waals surface area (Å²) in [6.07, 6.45) is 13.6. The highest BCUT2D eigenvalue weighted by molar-refractivity contribution is 6.09. The van der Waals surface area contributed by atoms with E-state index < -0.39 is 0 Å². The molecule has 0 radical (unpaired) electrons. The lowest BCUT2D eigenvalue weighted by atomic mass is 9.81. The van der Waals surface area contributed by atoms with Crippen LogP contribution in [0.2, 0.25) is 0 Å². The minimum absolute atomic E-state index is 0.190. The first-order chi connectivity index (χ1) is 9.41. The summed E-state index contributed by atoms with van der Waals surface area (Å²) in [6, 6.07) is 0. The van der Waals surface area contributed by atoms with Crippen molar-refractivity contribution in [1.82, 2.24) is 9.80 Å². The number of hydrogen-bond donors (Lipinski definition) is 0. The second-order valence-electron chi connectivity index (χ2n) is 5.69. The minimum atomic E-state index is 0.190. The first-order valence-corrected chi connectivity index (χ1v) is 7.05. The SMILES string of the molecule is C[C@@H]1CC/C(=C\C=C\N(C)C)C(=O)C1=C/C=C/N(C)C. The molecule has 0 N–H and O–H groups in total. The van der Waals surface area contributed by atoms with Gasteiger partial charge in [0.05, 0.1) is 0 Å². The molecule has 0 aromatic carbocycles. The molecule has 3 heteroatoms. The average Bonchev–Trinajstić information content (AvgIpc) is 2.35. The largest absolute Gasteiger partial charge is 0.383 e. The predicted molar refractivity (Wildman–Crippen MR) is 85.2 cm³/mol. The van der Waals surface area contributed by atoms with E-state index in [1.807, 2.05) is 74.7 Å². The molecule has 110 valence electrons. The highest BCUT2D eigenvalue weighted by Crippen LogP contribution is 2.30. The molecule has 0 spiro atoms. The fraction of sp³-hybridized carbons (Fsp3) is 0.471. The molecule has 1 fully saturated rings. The van der Waals surface area contributed by atoms with Gasteiger partial charge in [-0.2, -0.15) is 0 Å². The minimum Gasteiger partial charge on any atom is -0.383 e. The zero-order chi connectivity index (χ0) is 15.1. The lowest BCUT2D eigenvalue weighted by molar-refractivity contribution is -0.113. The standard InChI is InChI=1S/C17H26N2O/c1-14-10-11-15(8-6-12-18(2)3)17(20)16(14)9-7-13-19(4)5/h6-9,12-14H,10-11H2,1-5H3/b12-6+,13-7+,15-8+,16-9?/t14-/m1/s1. The van der Waals surface area contributed by atoms with E-state index in [9.17, 15) is 4.79 Å². The number of allylic oxidation sites excluding steroid dienone is 6. The van der Waals surface area contributed by atoms with Gasteiger partial charge in [0.1, 0.15) is 0 Å². The van der Waals surface area contributed by atoms with E-state index in [1.54, 1.807) is 0 Å². The van der Waals surface area contributed by atoms with Gasteiger partial charge < -0.3 is 9.80 Å². The maximum atomic E-state index is 12.5. The number of rotatable bonds is 4. The van der Waals surface area contributed by atoms with Gasteiger partial charge in [-0.05, 0) is 48.9 Å². The van der Waals surface area contributed by atoms with E-state index in [4.69, 9.17) is 0 Å². The molecule has 0 bridgehead atoms. The van der Waals surface area contributed by atoms with Crippen molar-refractivity contribution in [2.24, 2.45) is 5.92 Å². The van der Waals surface area contributed by atoms with Gasteiger partial charge in [-0.3, -0.25) is 4.79 Å². The second-order valence-corrected chi connectivity index (χ2v) is 5.69. The summed E-state index contributed by atoms with van der Waals surface area (Å²) in [5.41, 5.74) is 1.82. The Morgan fingerprint density at radius 3 is 2.10 bits per heavy atom. The molecule has 1 aliphatic carbocycles. The third-order valence-electron chi connectivity index (χ3n) is 3.27. The number of carbonyl (C=O) groups is 1. The molecule has 1 saturated carbocycles. The van der Waals surface area contributed by atoms with Gasteiger partial charge in [-0.25, -0.2) is 0 Å². The summed E-state index contributed by atoms with van der Waals surface area (Å²) in [4.78, 5) is 16.4. The first kappa shape index (κ1) is 16.3. The number of Topliss-reactive ketones (excluding diaryl/α,β-unsaturated/α-hetero) is 1. The Kier molecular flexibility index (Phi) is 6.29. The predicted octanol–water partition coefficient (Wildman–Crippen LogP) is 2.99. The Morgan fingerprint density at radius 2 is 1.55 bits per heavy atom. The third-order valence-corrected chi connectivity index (χ3v) is 3.27. The molecular formula is C17H26N2O. The van der Waals surface area contributed by atoms with Crippen LogP contribution >= 0.6 is 0 Å². The van der Waals surface area contributed by atoms with Crippen LogP contribution in [0.1, 0.15) is 19.8 Å². The molecule has 0 amide bonds. The number of nitrogens with zero attached hydrogens (tertiary/aromatic N) is 2. The molecule has 1 rings (SSSR count). The van der Waals surface area contributed by atoms with Crippen LogP contribution in [0.25, 0.3) is 0 Å². The lowest BCUT2D eigenvalue weighted by Gasteiger charge is -2.22. The van der Waals surface area contributed by atoms with Crippen LogP contribution in [0.5, 0.6) is 0 Å². The summed E-state index contributed by atoms with van der Waals surface area (Å²) in [6.45, 7) is 2.12. The Hall–Kier alpha value is -1.77. The van der Waals surface area contributed by atoms with Gasteiger partial charge in [-0.1, -0.05) is 19.1 Å². The van der Waals surface area contributed by atoms with E-state index in [-0.39, 0.29) is 5.78 Å². The van der Waals surface area contributed by atoms with Gasteiger partial charge >= 0.3 is 0 Å². The summed E-state index contributed by atoms with van der Waals surface area (Å²) < 4.78 is 0. The first-order valence-electron chi connectivity index (χ1n) is 7.05. The maximum absolute atomic E-state index is 12.5. The molecule has 1 atom stereocenters. The molecular weight excluding hydrogens is 248 g/mol.